The summed E-state index contributed by atoms with van der Waals surface area (Å²) in [5.74, 6) is 1.39. The number of hydrogen-bond acceptors (Lipinski definition) is 9. The summed E-state index contributed by atoms with van der Waals surface area (Å²) in [5, 5.41) is 9.73. The van der Waals surface area contributed by atoms with Gasteiger partial charge in [0.15, 0.2) is 5.82 Å². The van der Waals surface area contributed by atoms with Crippen LogP contribution >= 0.6 is 0 Å². The Morgan fingerprint density at radius 2 is 1.65 bits per heavy atom. The predicted molar refractivity (Wildman–Crippen MR) is 138 cm³/mol. The third-order valence-corrected chi connectivity index (χ3v) is 5.86. The van der Waals surface area contributed by atoms with E-state index in [2.05, 4.69) is 15.3 Å². The summed E-state index contributed by atoms with van der Waals surface area (Å²) in [7, 11) is 5.84. The van der Waals surface area contributed by atoms with Crippen LogP contribution in [0.25, 0.3) is 22.6 Å². The van der Waals surface area contributed by atoms with Crippen LogP contribution in [0.2, 0.25) is 0 Å². The van der Waals surface area contributed by atoms with Crippen molar-refractivity contribution >= 4 is 11.8 Å². The topological polar surface area (TPSA) is 121 Å². The maximum absolute atomic E-state index is 12.4. The molecule has 37 heavy (non-hydrogen) atoms. The molecule has 0 bridgehead atoms. The molecule has 0 radical (unpaired) electrons. The van der Waals surface area contributed by atoms with Crippen molar-refractivity contribution in [2.24, 2.45) is 0 Å². The van der Waals surface area contributed by atoms with Crippen LogP contribution in [0.5, 0.6) is 5.75 Å². The number of carbonyl (C=O) groups is 1. The Morgan fingerprint density at radius 1 is 0.973 bits per heavy atom. The van der Waals surface area contributed by atoms with Gasteiger partial charge >= 0.3 is 6.09 Å². The van der Waals surface area contributed by atoms with Gasteiger partial charge < -0.3 is 28.8 Å². The van der Waals surface area contributed by atoms with Crippen LogP contribution in [0.4, 0.5) is 10.5 Å². The summed E-state index contributed by atoms with van der Waals surface area (Å²) < 4.78 is 27.3. The van der Waals surface area contributed by atoms with Gasteiger partial charge in [0.2, 0.25) is 6.29 Å². The van der Waals surface area contributed by atoms with Crippen LogP contribution < -0.4 is 10.1 Å². The van der Waals surface area contributed by atoms with Gasteiger partial charge in [0.25, 0.3) is 0 Å². The number of rotatable bonds is 7. The minimum atomic E-state index is -0.724. The number of nitrogens with one attached hydrogen (secondary N) is 1. The number of ether oxygens (including phenoxy) is 5. The van der Waals surface area contributed by atoms with Gasteiger partial charge in [-0.25, -0.2) is 14.8 Å². The van der Waals surface area contributed by atoms with Gasteiger partial charge in [-0.15, -0.1) is 0 Å². The average Bonchev–Trinajstić information content (AvgIpc) is 2.94. The van der Waals surface area contributed by atoms with E-state index in [0.29, 0.717) is 17.9 Å². The Labute approximate surface area is 216 Å². The maximum atomic E-state index is 12.4. The van der Waals surface area contributed by atoms with Crippen LogP contribution in [0, 0.1) is 0 Å². The molecule has 0 saturated carbocycles. The number of aromatic nitrogens is 2. The largest absolute Gasteiger partial charge is 0.497 e. The number of nitrogens with zero attached hydrogens (tertiary/aromatic N) is 2. The smallest absolute Gasteiger partial charge is 0.413 e. The summed E-state index contributed by atoms with van der Waals surface area (Å²) in [5.41, 5.74) is 3.13. The van der Waals surface area contributed by atoms with E-state index in [9.17, 15) is 4.79 Å². The molecule has 4 atom stereocenters. The second kappa shape index (κ2) is 13.7. The Balaban J connectivity index is 0.00000186. The van der Waals surface area contributed by atoms with Gasteiger partial charge in [0, 0.05) is 50.8 Å². The minimum Gasteiger partial charge on any atom is -0.497 e. The lowest BCUT2D eigenvalue weighted by atomic mass is 10.0. The van der Waals surface area contributed by atoms with Crippen molar-refractivity contribution in [1.82, 2.24) is 9.97 Å². The van der Waals surface area contributed by atoms with Gasteiger partial charge in [0.05, 0.1) is 25.0 Å². The molecular formula is C27H33N3O7. The molecule has 2 N–H and O–H groups in total. The van der Waals surface area contributed by atoms with Crippen LogP contribution in [0.1, 0.15) is 13.3 Å². The van der Waals surface area contributed by atoms with Crippen LogP contribution in [0.3, 0.4) is 0 Å². The molecule has 4 rings (SSSR count). The van der Waals surface area contributed by atoms with Gasteiger partial charge in [-0.2, -0.15) is 0 Å². The molecule has 0 spiro atoms. The lowest BCUT2D eigenvalue weighted by molar-refractivity contribution is -0.235. The lowest BCUT2D eigenvalue weighted by Gasteiger charge is -2.38. The summed E-state index contributed by atoms with van der Waals surface area (Å²) in [6, 6.07) is 16.7. The number of amides is 1. The van der Waals surface area contributed by atoms with Crippen molar-refractivity contribution in [3.8, 4) is 28.4 Å². The van der Waals surface area contributed by atoms with E-state index < -0.39 is 12.4 Å². The fourth-order valence-electron chi connectivity index (χ4n) is 4.04. The molecule has 2 heterocycles. The zero-order chi connectivity index (χ0) is 26.8. The number of hydrogen-bond donors (Lipinski definition) is 2. The SMILES string of the molecule is CO.COc1ccc(-c2nccc(-c3ccc(NC(=O)OC4CC(OC)C(OC)[C@H](C)O4)cc3)n2)cc1. The molecule has 10 nitrogen and oxygen atoms in total. The highest BCUT2D eigenvalue weighted by Crippen LogP contribution is 2.26. The van der Waals surface area contributed by atoms with Crippen molar-refractivity contribution in [2.75, 3.05) is 33.8 Å². The molecule has 1 aliphatic heterocycles. The summed E-state index contributed by atoms with van der Waals surface area (Å²) in [4.78, 5) is 21.5. The number of methoxy groups -OCH3 is 3. The minimum absolute atomic E-state index is 0.220. The molecule has 2 aromatic carbocycles. The fraction of sp³-hybridized carbons (Fsp3) is 0.370. The van der Waals surface area contributed by atoms with Gasteiger partial charge in [-0.1, -0.05) is 12.1 Å². The molecule has 1 aromatic heterocycles. The van der Waals surface area contributed by atoms with Crippen LogP contribution in [-0.4, -0.2) is 74.2 Å². The number of carbonyl (C=O) groups excluding carboxylic acids is 1. The predicted octanol–water partition coefficient (Wildman–Crippen LogP) is 4.14. The highest BCUT2D eigenvalue weighted by molar-refractivity contribution is 5.85. The van der Waals surface area contributed by atoms with Crippen molar-refractivity contribution < 1.29 is 33.6 Å². The first-order chi connectivity index (χ1) is 18.0. The third-order valence-electron chi connectivity index (χ3n) is 5.86. The molecule has 3 unspecified atom stereocenters. The number of aliphatic hydroxyl groups excluding tert-OH is 1. The third kappa shape index (κ3) is 7.23. The molecule has 1 fully saturated rings. The summed E-state index contributed by atoms with van der Waals surface area (Å²) in [6.07, 6.45) is 0.0569. The standard InChI is InChI=1S/C26H29N3O6.CH4O/c1-16-24(33-4)22(32-3)15-23(34-16)35-26(30)28-19-9-5-17(6-10-19)21-13-14-27-25(29-21)18-7-11-20(31-2)12-8-18;1-2/h5-14,16,22-24H,15H2,1-4H3,(H,28,30);2H,1H3/t16-,22?,23?,24?;/m0./s1. The lowest BCUT2D eigenvalue weighted by Crippen LogP contribution is -2.50. The first kappa shape index (κ1) is 28.0. The van der Waals surface area contributed by atoms with Crippen molar-refractivity contribution in [3.63, 3.8) is 0 Å². The van der Waals surface area contributed by atoms with E-state index in [1.807, 2.05) is 49.4 Å². The quantitative estimate of drug-likeness (QED) is 0.482. The number of anilines is 1. The second-order valence-electron chi connectivity index (χ2n) is 8.08. The second-order valence-corrected chi connectivity index (χ2v) is 8.08. The molecule has 1 saturated heterocycles. The zero-order valence-corrected chi connectivity index (χ0v) is 21.6. The normalized spacial score (nSPS) is 20.8. The average molecular weight is 512 g/mol. The molecule has 1 amide bonds. The van der Waals surface area contributed by atoms with E-state index in [4.69, 9.17) is 28.8 Å². The molecule has 3 aromatic rings. The summed E-state index contributed by atoms with van der Waals surface area (Å²) >= 11 is 0. The molecular weight excluding hydrogens is 478 g/mol. The van der Waals surface area contributed by atoms with Crippen molar-refractivity contribution in [3.05, 3.63) is 60.8 Å². The highest BCUT2D eigenvalue weighted by atomic mass is 16.7. The first-order valence-electron chi connectivity index (χ1n) is 11.7. The summed E-state index contributed by atoms with van der Waals surface area (Å²) in [6.45, 7) is 1.86. The molecule has 198 valence electrons. The van der Waals surface area contributed by atoms with Gasteiger partial charge in [-0.3, -0.25) is 5.32 Å². The van der Waals surface area contributed by atoms with E-state index in [1.54, 1.807) is 39.7 Å². The number of benzene rings is 2. The zero-order valence-electron chi connectivity index (χ0n) is 21.6. The molecule has 0 aliphatic carbocycles. The fourth-order valence-corrected chi connectivity index (χ4v) is 4.04. The van der Waals surface area contributed by atoms with E-state index in [-0.39, 0.29) is 18.3 Å². The Morgan fingerprint density at radius 3 is 2.27 bits per heavy atom. The first-order valence-corrected chi connectivity index (χ1v) is 11.7. The van der Waals surface area contributed by atoms with E-state index in [0.717, 1.165) is 29.7 Å². The van der Waals surface area contributed by atoms with Crippen LogP contribution in [0.15, 0.2) is 60.8 Å². The monoisotopic (exact) mass is 511 g/mol. The molecule has 1 aliphatic rings. The van der Waals surface area contributed by atoms with Crippen LogP contribution in [-0.2, 0) is 18.9 Å². The Hall–Kier alpha value is -3.57. The van der Waals surface area contributed by atoms with E-state index >= 15 is 0 Å². The van der Waals surface area contributed by atoms with Crippen molar-refractivity contribution in [1.29, 1.82) is 0 Å². The molecule has 10 heteroatoms. The van der Waals surface area contributed by atoms with Gasteiger partial charge in [0.1, 0.15) is 11.9 Å². The maximum Gasteiger partial charge on any atom is 0.413 e. The van der Waals surface area contributed by atoms with E-state index in [1.165, 1.54) is 0 Å². The highest BCUT2D eigenvalue weighted by Gasteiger charge is 2.38. The van der Waals surface area contributed by atoms with Crippen molar-refractivity contribution in [2.45, 2.75) is 37.9 Å². The Bertz CT molecular complexity index is 1130. The number of aliphatic hydroxyl groups is 1. The Kier molecular flexibility index (Phi) is 10.3. The van der Waals surface area contributed by atoms with Gasteiger partial charge in [-0.05, 0) is 49.4 Å².